The van der Waals surface area contributed by atoms with E-state index in [1.807, 2.05) is 0 Å². The third kappa shape index (κ3) is 4.91. The molecule has 0 saturated carbocycles. The lowest BCUT2D eigenvalue weighted by Crippen LogP contribution is -2.65. The highest BCUT2D eigenvalue weighted by molar-refractivity contribution is 6.23. The van der Waals surface area contributed by atoms with Crippen molar-refractivity contribution >= 4 is 35.2 Å². The molecule has 14 heteroatoms. The van der Waals surface area contributed by atoms with E-state index in [2.05, 4.69) is 0 Å². The van der Waals surface area contributed by atoms with Gasteiger partial charge in [0.25, 0.3) is 11.4 Å². The smallest absolute Gasteiger partial charge is 0.479 e. The molecule has 2 heterocycles. The summed E-state index contributed by atoms with van der Waals surface area (Å²) in [5.41, 5.74) is -1.53. The quantitative estimate of drug-likeness (QED) is 0.123. The first-order valence-electron chi connectivity index (χ1n) is 11.5. The van der Waals surface area contributed by atoms with Gasteiger partial charge in [-0.3, -0.25) is 29.8 Å². The lowest BCUT2D eigenvalue weighted by atomic mass is 9.85. The summed E-state index contributed by atoms with van der Waals surface area (Å²) >= 11 is 0. The second-order valence-corrected chi connectivity index (χ2v) is 9.02. The summed E-state index contributed by atoms with van der Waals surface area (Å²) in [5.74, 6) is -2.91. The number of nitro benzene ring substituents is 2. The van der Waals surface area contributed by atoms with Crippen molar-refractivity contribution < 1.29 is 43.6 Å². The Morgan fingerprint density at radius 2 is 1.51 bits per heavy atom. The van der Waals surface area contributed by atoms with Gasteiger partial charge in [-0.05, 0) is 35.8 Å². The van der Waals surface area contributed by atoms with Gasteiger partial charge >= 0.3 is 12.1 Å². The Labute approximate surface area is 219 Å². The van der Waals surface area contributed by atoms with Gasteiger partial charge in [0, 0.05) is 36.3 Å². The van der Waals surface area contributed by atoms with E-state index in [1.165, 1.54) is 55.5 Å². The molecule has 2 atom stereocenters. The second-order valence-electron chi connectivity index (χ2n) is 9.02. The van der Waals surface area contributed by atoms with Gasteiger partial charge < -0.3 is 19.5 Å². The molecule has 1 amide bonds. The first-order chi connectivity index (χ1) is 18.5. The molecular formula is C25H21N3O11. The lowest BCUT2D eigenvalue weighted by molar-refractivity contribution is -0.385. The Morgan fingerprint density at radius 1 is 0.974 bits per heavy atom. The topological polar surface area (TPSA) is 196 Å². The summed E-state index contributed by atoms with van der Waals surface area (Å²) < 4.78 is 10.1. The van der Waals surface area contributed by atoms with Gasteiger partial charge in [0.05, 0.1) is 22.3 Å². The molecule has 202 valence electrons. The summed E-state index contributed by atoms with van der Waals surface area (Å²) in [6, 6.07) is 9.52. The van der Waals surface area contributed by atoms with E-state index in [-0.39, 0.29) is 35.5 Å². The van der Waals surface area contributed by atoms with E-state index < -0.39 is 58.3 Å². The number of ketones is 1. The number of aliphatic carboxylic acids is 1. The molecule has 2 aliphatic heterocycles. The number of hydrogen-bond donors (Lipinski definition) is 1. The van der Waals surface area contributed by atoms with Crippen LogP contribution in [0.2, 0.25) is 0 Å². The summed E-state index contributed by atoms with van der Waals surface area (Å²) in [6.45, 7) is 0.835. The number of carbonyl (C=O) groups is 4. The number of Topliss-reactive ketones (excluding diaryl/α,β-unsaturated/α-hetero) is 1. The molecule has 0 bridgehead atoms. The summed E-state index contributed by atoms with van der Waals surface area (Å²) in [5, 5.41) is 31.8. The normalized spacial score (nSPS) is 21.1. The van der Waals surface area contributed by atoms with Crippen LogP contribution in [-0.4, -0.2) is 61.9 Å². The monoisotopic (exact) mass is 539 g/mol. The molecule has 2 aromatic carbocycles. The van der Waals surface area contributed by atoms with Crippen LogP contribution in [0.25, 0.3) is 0 Å². The Balaban J connectivity index is 1.48. The molecule has 0 spiro atoms. The van der Waals surface area contributed by atoms with E-state index in [0.717, 1.165) is 4.90 Å². The van der Waals surface area contributed by atoms with Crippen LogP contribution in [-0.2, 0) is 36.9 Å². The van der Waals surface area contributed by atoms with Crippen LogP contribution in [0.3, 0.4) is 0 Å². The third-order valence-corrected chi connectivity index (χ3v) is 6.64. The van der Waals surface area contributed by atoms with Crippen molar-refractivity contribution in [2.45, 2.75) is 38.0 Å². The van der Waals surface area contributed by atoms with Crippen molar-refractivity contribution in [2.24, 2.45) is 0 Å². The first kappa shape index (κ1) is 26.9. The molecule has 4 rings (SSSR count). The van der Waals surface area contributed by atoms with Crippen LogP contribution in [0.1, 0.15) is 24.5 Å². The standard InChI is InChI=1S/C25H21N3O11/c1-14(12-38-24(33)39-13-16-4-8-18(9-5-16)28(36)37)21-19-10-20(29)26(19)25(22(21)30,23(31)32)11-15-2-6-17(7-3-15)27(34)35/h2-9,19H,10-13H2,1H3,(H,31,32)/t19-,25?/m1/s1. The number of nitro groups is 2. The minimum atomic E-state index is -2.25. The highest BCUT2D eigenvalue weighted by atomic mass is 16.7. The Bertz CT molecular complexity index is 1420. The largest absolute Gasteiger partial charge is 0.508 e. The van der Waals surface area contributed by atoms with Crippen molar-refractivity contribution in [3.63, 3.8) is 0 Å². The maximum absolute atomic E-state index is 13.6. The number of fused-ring (bicyclic) bond motifs is 1. The van der Waals surface area contributed by atoms with Crippen molar-refractivity contribution in [3.8, 4) is 0 Å². The summed E-state index contributed by atoms with van der Waals surface area (Å²) in [6.07, 6.45) is -1.59. The van der Waals surface area contributed by atoms with E-state index >= 15 is 0 Å². The van der Waals surface area contributed by atoms with Gasteiger partial charge in [-0.2, -0.15) is 0 Å². The molecule has 1 unspecified atom stereocenters. The predicted molar refractivity (Wildman–Crippen MR) is 129 cm³/mol. The first-order valence-corrected chi connectivity index (χ1v) is 11.5. The summed E-state index contributed by atoms with van der Waals surface area (Å²) in [4.78, 5) is 72.1. The second kappa shape index (κ2) is 10.3. The predicted octanol–water partition coefficient (Wildman–Crippen LogP) is 2.72. The van der Waals surface area contributed by atoms with Crippen LogP contribution in [0.5, 0.6) is 0 Å². The fourth-order valence-corrected chi connectivity index (χ4v) is 4.70. The van der Waals surface area contributed by atoms with Crippen molar-refractivity contribution in [1.29, 1.82) is 0 Å². The number of nitrogens with zero attached hydrogens (tertiary/aromatic N) is 3. The van der Waals surface area contributed by atoms with E-state index in [1.54, 1.807) is 0 Å². The van der Waals surface area contributed by atoms with Crippen LogP contribution < -0.4 is 0 Å². The minimum Gasteiger partial charge on any atom is -0.479 e. The number of non-ortho nitro benzene ring substituents is 2. The molecule has 2 saturated heterocycles. The maximum atomic E-state index is 13.6. The summed E-state index contributed by atoms with van der Waals surface area (Å²) in [7, 11) is 0. The van der Waals surface area contributed by atoms with Crippen LogP contribution in [0.4, 0.5) is 16.2 Å². The molecule has 14 nitrogen and oxygen atoms in total. The lowest BCUT2D eigenvalue weighted by Gasteiger charge is -2.42. The zero-order valence-electron chi connectivity index (χ0n) is 20.4. The van der Waals surface area contributed by atoms with Crippen molar-refractivity contribution in [2.75, 3.05) is 6.61 Å². The number of β-lactam (4-membered cyclic amide) rings is 1. The van der Waals surface area contributed by atoms with Crippen LogP contribution in [0, 0.1) is 20.2 Å². The average Bonchev–Trinajstić information content (AvgIpc) is 3.10. The van der Waals surface area contributed by atoms with Crippen molar-refractivity contribution in [1.82, 2.24) is 4.90 Å². The number of carboxylic acid groups (broad SMARTS) is 1. The van der Waals surface area contributed by atoms with Crippen LogP contribution in [0.15, 0.2) is 59.7 Å². The van der Waals surface area contributed by atoms with Gasteiger partial charge in [-0.1, -0.05) is 12.1 Å². The Hall–Kier alpha value is -5.14. The maximum Gasteiger partial charge on any atom is 0.508 e. The van der Waals surface area contributed by atoms with Gasteiger partial charge in [-0.25, -0.2) is 9.59 Å². The molecule has 0 aliphatic carbocycles. The number of rotatable bonds is 9. The van der Waals surface area contributed by atoms with E-state index in [0.29, 0.717) is 11.1 Å². The van der Waals surface area contributed by atoms with Gasteiger partial charge in [0.2, 0.25) is 11.4 Å². The molecule has 39 heavy (non-hydrogen) atoms. The average molecular weight is 539 g/mol. The number of carboxylic acids is 1. The van der Waals surface area contributed by atoms with E-state index in [9.17, 15) is 44.5 Å². The number of carbonyl (C=O) groups excluding carboxylic acids is 3. The van der Waals surface area contributed by atoms with Crippen molar-refractivity contribution in [3.05, 3.63) is 91.0 Å². The molecule has 1 N–H and O–H groups in total. The zero-order chi connectivity index (χ0) is 28.5. The Kier molecular flexibility index (Phi) is 7.12. The zero-order valence-corrected chi connectivity index (χ0v) is 20.4. The van der Waals surface area contributed by atoms with E-state index in [4.69, 9.17) is 9.47 Å². The third-order valence-electron chi connectivity index (χ3n) is 6.64. The molecule has 2 aromatic rings. The van der Waals surface area contributed by atoms with Crippen LogP contribution >= 0.6 is 0 Å². The highest BCUT2D eigenvalue weighted by Crippen LogP contribution is 2.46. The van der Waals surface area contributed by atoms with Gasteiger partial charge in [-0.15, -0.1) is 0 Å². The fourth-order valence-electron chi connectivity index (χ4n) is 4.70. The number of benzene rings is 2. The SMILES string of the molecule is CC(COC(=O)OCc1ccc([N+](=O)[O-])cc1)=C1C(=O)C(Cc2ccc([N+](=O)[O-])cc2)(C(=O)O)N2C(=O)C[C@H]12. The highest BCUT2D eigenvalue weighted by Gasteiger charge is 2.67. The van der Waals surface area contributed by atoms with Gasteiger partial charge in [0.1, 0.15) is 13.2 Å². The molecule has 2 fully saturated rings. The fraction of sp³-hybridized carbons (Fsp3) is 0.280. The molecule has 2 aliphatic rings. The minimum absolute atomic E-state index is 0.0436. The number of ether oxygens (including phenoxy) is 2. The Morgan fingerprint density at radius 3 is 2.00 bits per heavy atom. The molecular weight excluding hydrogens is 518 g/mol. The molecule has 0 aromatic heterocycles. The van der Waals surface area contributed by atoms with Gasteiger partial charge in [0.15, 0.2) is 5.78 Å². The molecule has 0 radical (unpaired) electrons. The number of amides is 1. The number of hydrogen-bond acceptors (Lipinski definition) is 10.